The van der Waals surface area contributed by atoms with E-state index in [1.165, 1.54) is 11.1 Å². The largest absolute Gasteiger partial charge is 0.354 e. The van der Waals surface area contributed by atoms with Gasteiger partial charge in [-0.25, -0.2) is 4.98 Å². The van der Waals surface area contributed by atoms with Crippen LogP contribution in [0.5, 0.6) is 0 Å². The van der Waals surface area contributed by atoms with Crippen molar-refractivity contribution in [3.05, 3.63) is 53.3 Å². The van der Waals surface area contributed by atoms with Gasteiger partial charge < -0.3 is 5.32 Å². The molecule has 0 aliphatic heterocycles. The van der Waals surface area contributed by atoms with Gasteiger partial charge in [0.05, 0.1) is 11.9 Å². The summed E-state index contributed by atoms with van der Waals surface area (Å²) in [7, 11) is 0. The van der Waals surface area contributed by atoms with Crippen LogP contribution in [0.3, 0.4) is 0 Å². The van der Waals surface area contributed by atoms with Gasteiger partial charge in [-0.05, 0) is 43.2 Å². The third kappa shape index (κ3) is 2.43. The predicted molar refractivity (Wildman–Crippen MR) is 68.2 cm³/mol. The summed E-state index contributed by atoms with van der Waals surface area (Å²) in [6, 6.07) is 11.7. The van der Waals surface area contributed by atoms with Gasteiger partial charge in [0.2, 0.25) is 0 Å². The Kier molecular flexibility index (Phi) is 3.06. The van der Waals surface area contributed by atoms with Crippen LogP contribution in [0.2, 0.25) is 0 Å². The third-order valence-electron chi connectivity index (χ3n) is 2.76. The summed E-state index contributed by atoms with van der Waals surface area (Å²) in [6.07, 6.45) is 1.67. The van der Waals surface area contributed by atoms with Crippen LogP contribution in [0, 0.1) is 25.2 Å². The van der Waals surface area contributed by atoms with Crippen molar-refractivity contribution in [2.24, 2.45) is 0 Å². The third-order valence-corrected chi connectivity index (χ3v) is 2.76. The lowest BCUT2D eigenvalue weighted by molar-refractivity contribution is 1.25. The first kappa shape index (κ1) is 11.2. The molecule has 0 bridgehead atoms. The molecule has 2 aromatic rings. The molecule has 1 N–H and O–H groups in total. The quantitative estimate of drug-likeness (QED) is 0.849. The number of nitriles is 1. The summed E-state index contributed by atoms with van der Waals surface area (Å²) in [4.78, 5) is 4.02. The highest BCUT2D eigenvalue weighted by Crippen LogP contribution is 2.22. The standard InChI is InChI=1S/C14H13N3/c1-10-4-3-5-14(11(10)2)17-13-7-6-12(8-15)16-9-13/h3-7,9,17H,1-2H3. The van der Waals surface area contributed by atoms with Crippen LogP contribution in [0.1, 0.15) is 16.8 Å². The zero-order valence-corrected chi connectivity index (χ0v) is 9.86. The molecule has 3 heteroatoms. The fourth-order valence-electron chi connectivity index (χ4n) is 1.58. The fourth-order valence-corrected chi connectivity index (χ4v) is 1.58. The molecule has 84 valence electrons. The Balaban J connectivity index is 2.26. The predicted octanol–water partition coefficient (Wildman–Crippen LogP) is 3.31. The molecule has 0 spiro atoms. The molecule has 3 nitrogen and oxygen atoms in total. The van der Waals surface area contributed by atoms with Crippen LogP contribution < -0.4 is 5.32 Å². The summed E-state index contributed by atoms with van der Waals surface area (Å²) >= 11 is 0. The summed E-state index contributed by atoms with van der Waals surface area (Å²) in [5, 5.41) is 12.0. The van der Waals surface area contributed by atoms with Gasteiger partial charge >= 0.3 is 0 Å². The van der Waals surface area contributed by atoms with Crippen molar-refractivity contribution in [3.8, 4) is 6.07 Å². The maximum absolute atomic E-state index is 8.67. The van der Waals surface area contributed by atoms with E-state index in [1.807, 2.05) is 24.3 Å². The van der Waals surface area contributed by atoms with Crippen molar-refractivity contribution in [1.29, 1.82) is 5.26 Å². The van der Waals surface area contributed by atoms with E-state index < -0.39 is 0 Å². The lowest BCUT2D eigenvalue weighted by Crippen LogP contribution is -1.95. The molecule has 0 radical (unpaired) electrons. The number of hydrogen-bond donors (Lipinski definition) is 1. The smallest absolute Gasteiger partial charge is 0.140 e. The molecule has 0 aliphatic carbocycles. The van der Waals surface area contributed by atoms with Crippen LogP contribution >= 0.6 is 0 Å². The highest BCUT2D eigenvalue weighted by atomic mass is 14.9. The number of rotatable bonds is 2. The van der Waals surface area contributed by atoms with E-state index in [0.29, 0.717) is 5.69 Å². The molecular formula is C14H13N3. The summed E-state index contributed by atoms with van der Waals surface area (Å²) in [5.41, 5.74) is 4.85. The van der Waals surface area contributed by atoms with Gasteiger partial charge in [0, 0.05) is 5.69 Å². The molecule has 0 unspecified atom stereocenters. The number of anilines is 2. The van der Waals surface area contributed by atoms with Gasteiger partial charge in [0.15, 0.2) is 0 Å². The van der Waals surface area contributed by atoms with Crippen LogP contribution in [0.15, 0.2) is 36.5 Å². The van der Waals surface area contributed by atoms with Crippen molar-refractivity contribution in [2.45, 2.75) is 13.8 Å². The number of nitrogens with zero attached hydrogens (tertiary/aromatic N) is 2. The van der Waals surface area contributed by atoms with Crippen molar-refractivity contribution >= 4 is 11.4 Å². The molecule has 17 heavy (non-hydrogen) atoms. The number of benzene rings is 1. The van der Waals surface area contributed by atoms with Gasteiger partial charge in [-0.3, -0.25) is 0 Å². The number of hydrogen-bond acceptors (Lipinski definition) is 3. The van der Waals surface area contributed by atoms with Crippen molar-refractivity contribution in [2.75, 3.05) is 5.32 Å². The minimum atomic E-state index is 0.427. The monoisotopic (exact) mass is 223 g/mol. The lowest BCUT2D eigenvalue weighted by atomic mass is 10.1. The highest BCUT2D eigenvalue weighted by molar-refractivity contribution is 5.63. The van der Waals surface area contributed by atoms with Crippen LogP contribution in [-0.2, 0) is 0 Å². The molecule has 2 rings (SSSR count). The second-order valence-corrected chi connectivity index (χ2v) is 3.92. The van der Waals surface area contributed by atoms with E-state index in [2.05, 4.69) is 30.2 Å². The Labute approximate surface area is 101 Å². The Bertz CT molecular complexity index is 565. The van der Waals surface area contributed by atoms with E-state index in [0.717, 1.165) is 11.4 Å². The maximum atomic E-state index is 8.67. The van der Waals surface area contributed by atoms with Gasteiger partial charge in [0.25, 0.3) is 0 Å². The lowest BCUT2D eigenvalue weighted by Gasteiger charge is -2.10. The molecule has 0 saturated carbocycles. The van der Waals surface area contributed by atoms with Gasteiger partial charge in [-0.2, -0.15) is 5.26 Å². The first-order chi connectivity index (χ1) is 8.20. The molecular weight excluding hydrogens is 210 g/mol. The summed E-state index contributed by atoms with van der Waals surface area (Å²) in [6.45, 7) is 4.16. The molecule has 1 heterocycles. The van der Waals surface area contributed by atoms with E-state index in [4.69, 9.17) is 5.26 Å². The van der Waals surface area contributed by atoms with E-state index in [1.54, 1.807) is 12.3 Å². The zero-order chi connectivity index (χ0) is 12.3. The topological polar surface area (TPSA) is 48.7 Å². The van der Waals surface area contributed by atoms with E-state index in [9.17, 15) is 0 Å². The minimum absolute atomic E-state index is 0.427. The molecule has 0 aliphatic rings. The van der Waals surface area contributed by atoms with Crippen LogP contribution in [0.4, 0.5) is 11.4 Å². The van der Waals surface area contributed by atoms with E-state index >= 15 is 0 Å². The minimum Gasteiger partial charge on any atom is -0.354 e. The number of aryl methyl sites for hydroxylation is 1. The molecule has 0 saturated heterocycles. The SMILES string of the molecule is Cc1cccc(Nc2ccc(C#N)nc2)c1C. The molecule has 0 amide bonds. The molecule has 1 aromatic carbocycles. The Morgan fingerprint density at radius 1 is 1.18 bits per heavy atom. The average Bonchev–Trinajstić information content (AvgIpc) is 2.36. The molecule has 1 aromatic heterocycles. The van der Waals surface area contributed by atoms with Crippen LogP contribution in [-0.4, -0.2) is 4.98 Å². The normalized spacial score (nSPS) is 9.71. The first-order valence-electron chi connectivity index (χ1n) is 5.40. The van der Waals surface area contributed by atoms with Gasteiger partial charge in [-0.15, -0.1) is 0 Å². The Morgan fingerprint density at radius 3 is 2.65 bits per heavy atom. The second-order valence-electron chi connectivity index (χ2n) is 3.92. The summed E-state index contributed by atoms with van der Waals surface area (Å²) in [5.74, 6) is 0. The number of pyridine rings is 1. The van der Waals surface area contributed by atoms with Gasteiger partial charge in [0.1, 0.15) is 11.8 Å². The molecule has 0 fully saturated rings. The number of aromatic nitrogens is 1. The number of nitrogens with one attached hydrogen (secondary N) is 1. The maximum Gasteiger partial charge on any atom is 0.140 e. The average molecular weight is 223 g/mol. The fraction of sp³-hybridized carbons (Fsp3) is 0.143. The van der Waals surface area contributed by atoms with Crippen molar-refractivity contribution in [3.63, 3.8) is 0 Å². The van der Waals surface area contributed by atoms with Crippen molar-refractivity contribution in [1.82, 2.24) is 4.98 Å². The molecule has 0 atom stereocenters. The van der Waals surface area contributed by atoms with Crippen molar-refractivity contribution < 1.29 is 0 Å². The van der Waals surface area contributed by atoms with E-state index in [-0.39, 0.29) is 0 Å². The Hall–Kier alpha value is -2.34. The second kappa shape index (κ2) is 4.67. The van der Waals surface area contributed by atoms with Crippen LogP contribution in [0.25, 0.3) is 0 Å². The Morgan fingerprint density at radius 2 is 2.00 bits per heavy atom. The highest BCUT2D eigenvalue weighted by Gasteiger charge is 2.01. The van der Waals surface area contributed by atoms with Gasteiger partial charge in [-0.1, -0.05) is 12.1 Å². The first-order valence-corrected chi connectivity index (χ1v) is 5.40. The summed E-state index contributed by atoms with van der Waals surface area (Å²) < 4.78 is 0. The zero-order valence-electron chi connectivity index (χ0n) is 9.86.